The fraction of sp³-hybridized carbons (Fsp3) is 0.571. The summed E-state index contributed by atoms with van der Waals surface area (Å²) in [5.74, 6) is 0. The lowest BCUT2D eigenvalue weighted by molar-refractivity contribution is 0.129. The molecule has 0 bridgehead atoms. The Bertz CT molecular complexity index is 408. The molecule has 1 aliphatic rings. The summed E-state index contributed by atoms with van der Waals surface area (Å²) in [6, 6.07) is 6.40. The molecule has 1 fully saturated rings. The van der Waals surface area contributed by atoms with Gasteiger partial charge in [0.25, 0.3) is 0 Å². The Morgan fingerprint density at radius 3 is 2.94 bits per heavy atom. The molecule has 1 atom stereocenters. The van der Waals surface area contributed by atoms with Gasteiger partial charge in [-0.25, -0.2) is 0 Å². The second-order valence-corrected chi connectivity index (χ2v) is 5.73. The molecule has 1 unspecified atom stereocenters. The number of nitrogens with two attached hydrogens (primary N) is 1. The zero-order valence-corrected chi connectivity index (χ0v) is 12.0. The van der Waals surface area contributed by atoms with Crippen LogP contribution in [0.4, 0.5) is 5.69 Å². The van der Waals surface area contributed by atoms with E-state index in [0.29, 0.717) is 6.04 Å². The highest BCUT2D eigenvalue weighted by Crippen LogP contribution is 2.22. The molecule has 0 radical (unpaired) electrons. The first kappa shape index (κ1) is 13.7. The van der Waals surface area contributed by atoms with Gasteiger partial charge < -0.3 is 10.6 Å². The van der Waals surface area contributed by atoms with E-state index >= 15 is 0 Å². The summed E-state index contributed by atoms with van der Waals surface area (Å²) in [6.07, 6.45) is 2.55. The number of hydrogen-bond acceptors (Lipinski definition) is 3. The smallest absolute Gasteiger partial charge is 0.0471 e. The van der Waals surface area contributed by atoms with Gasteiger partial charge in [0.15, 0.2) is 0 Å². The minimum absolute atomic E-state index is 0.623. The number of nitrogens with zero attached hydrogens (tertiary/aromatic N) is 2. The second-order valence-electron chi connectivity index (χ2n) is 5.32. The van der Waals surface area contributed by atoms with Crippen LogP contribution in [0, 0.1) is 0 Å². The van der Waals surface area contributed by atoms with Crippen LogP contribution in [0.15, 0.2) is 18.2 Å². The van der Waals surface area contributed by atoms with Gasteiger partial charge in [0, 0.05) is 29.8 Å². The maximum atomic E-state index is 6.22. The number of rotatable bonds is 3. The summed E-state index contributed by atoms with van der Waals surface area (Å²) >= 11 is 6.22. The first-order chi connectivity index (χ1) is 8.56. The Labute approximate surface area is 115 Å². The maximum Gasteiger partial charge on any atom is 0.0471 e. The summed E-state index contributed by atoms with van der Waals surface area (Å²) in [6.45, 7) is 3.24. The maximum absolute atomic E-state index is 6.22. The highest BCUT2D eigenvalue weighted by atomic mass is 35.5. The normalized spacial score (nSPS) is 21.4. The Balaban J connectivity index is 1.99. The molecule has 2 N–H and O–H groups in total. The number of hydrogen-bond donors (Lipinski definition) is 1. The van der Waals surface area contributed by atoms with Gasteiger partial charge in [0.05, 0.1) is 0 Å². The number of nitrogen functional groups attached to an aromatic ring is 1. The molecular formula is C14H22ClN3. The minimum atomic E-state index is 0.623. The monoisotopic (exact) mass is 267 g/mol. The summed E-state index contributed by atoms with van der Waals surface area (Å²) < 4.78 is 0. The van der Waals surface area contributed by atoms with Gasteiger partial charge in [-0.2, -0.15) is 0 Å². The molecule has 3 nitrogen and oxygen atoms in total. The number of likely N-dealkylation sites (tertiary alicyclic amines) is 1. The molecule has 0 spiro atoms. The van der Waals surface area contributed by atoms with Crippen LogP contribution in [0.3, 0.4) is 0 Å². The van der Waals surface area contributed by atoms with Crippen molar-refractivity contribution < 1.29 is 0 Å². The molecule has 1 aromatic carbocycles. The zero-order valence-electron chi connectivity index (χ0n) is 11.2. The second kappa shape index (κ2) is 5.91. The minimum Gasteiger partial charge on any atom is -0.399 e. The van der Waals surface area contributed by atoms with Crippen molar-refractivity contribution >= 4 is 17.3 Å². The van der Waals surface area contributed by atoms with E-state index in [1.54, 1.807) is 0 Å². The third-order valence-electron chi connectivity index (χ3n) is 3.72. The van der Waals surface area contributed by atoms with E-state index in [9.17, 15) is 0 Å². The van der Waals surface area contributed by atoms with Crippen LogP contribution in [0.5, 0.6) is 0 Å². The highest BCUT2D eigenvalue weighted by Gasteiger charge is 2.21. The molecule has 1 heterocycles. The molecule has 0 amide bonds. The fourth-order valence-electron chi connectivity index (χ4n) is 2.59. The number of likely N-dealkylation sites (N-methyl/N-ethyl adjacent to an activating group) is 2. The van der Waals surface area contributed by atoms with Gasteiger partial charge in [-0.05, 0) is 51.2 Å². The Kier molecular flexibility index (Phi) is 4.49. The fourth-order valence-corrected chi connectivity index (χ4v) is 2.84. The largest absolute Gasteiger partial charge is 0.399 e. The van der Waals surface area contributed by atoms with Crippen LogP contribution in [0.1, 0.15) is 18.4 Å². The standard InChI is InChI=1S/C14H22ClN3/c1-17-7-3-4-13(10-17)18(2)9-11-5-6-12(16)8-14(11)15/h5-6,8,13H,3-4,7,9-10,16H2,1-2H3. The van der Waals surface area contributed by atoms with E-state index in [0.717, 1.165) is 29.4 Å². The molecular weight excluding hydrogens is 246 g/mol. The molecule has 0 aliphatic carbocycles. The zero-order chi connectivity index (χ0) is 13.1. The molecule has 1 aromatic rings. The third kappa shape index (κ3) is 3.37. The molecule has 18 heavy (non-hydrogen) atoms. The summed E-state index contributed by atoms with van der Waals surface area (Å²) in [5, 5.41) is 0.769. The predicted molar refractivity (Wildman–Crippen MR) is 77.9 cm³/mol. The van der Waals surface area contributed by atoms with E-state index in [1.807, 2.05) is 18.2 Å². The Morgan fingerprint density at radius 2 is 2.28 bits per heavy atom. The SMILES string of the molecule is CN1CCCC(N(C)Cc2ccc(N)cc2Cl)C1. The van der Waals surface area contributed by atoms with Crippen molar-refractivity contribution in [3.05, 3.63) is 28.8 Å². The van der Waals surface area contributed by atoms with E-state index in [-0.39, 0.29) is 0 Å². The lowest BCUT2D eigenvalue weighted by Crippen LogP contribution is -2.44. The molecule has 4 heteroatoms. The van der Waals surface area contributed by atoms with Crippen LogP contribution in [-0.4, -0.2) is 43.0 Å². The average Bonchev–Trinajstić information content (AvgIpc) is 2.32. The van der Waals surface area contributed by atoms with Crippen molar-refractivity contribution in [1.82, 2.24) is 9.80 Å². The van der Waals surface area contributed by atoms with Gasteiger partial charge in [0.1, 0.15) is 0 Å². The van der Waals surface area contributed by atoms with Crippen LogP contribution in [-0.2, 0) is 6.54 Å². The lowest BCUT2D eigenvalue weighted by Gasteiger charge is -2.36. The lowest BCUT2D eigenvalue weighted by atomic mass is 10.0. The number of piperidine rings is 1. The van der Waals surface area contributed by atoms with E-state index in [4.69, 9.17) is 17.3 Å². The topological polar surface area (TPSA) is 32.5 Å². The summed E-state index contributed by atoms with van der Waals surface area (Å²) in [5.41, 5.74) is 7.59. The molecule has 0 aromatic heterocycles. The van der Waals surface area contributed by atoms with Crippen molar-refractivity contribution in [1.29, 1.82) is 0 Å². The van der Waals surface area contributed by atoms with Crippen molar-refractivity contribution in [2.75, 3.05) is 32.9 Å². The summed E-state index contributed by atoms with van der Waals surface area (Å²) in [7, 11) is 4.37. The van der Waals surface area contributed by atoms with E-state index in [2.05, 4.69) is 23.9 Å². The molecule has 0 saturated carbocycles. The van der Waals surface area contributed by atoms with Crippen molar-refractivity contribution in [2.24, 2.45) is 0 Å². The van der Waals surface area contributed by atoms with Crippen molar-refractivity contribution in [3.63, 3.8) is 0 Å². The number of benzene rings is 1. The van der Waals surface area contributed by atoms with Crippen LogP contribution < -0.4 is 5.73 Å². The van der Waals surface area contributed by atoms with Gasteiger partial charge in [-0.15, -0.1) is 0 Å². The van der Waals surface area contributed by atoms with E-state index in [1.165, 1.54) is 19.4 Å². The van der Waals surface area contributed by atoms with Crippen molar-refractivity contribution in [2.45, 2.75) is 25.4 Å². The van der Waals surface area contributed by atoms with Gasteiger partial charge in [0.2, 0.25) is 0 Å². The van der Waals surface area contributed by atoms with Crippen molar-refractivity contribution in [3.8, 4) is 0 Å². The quantitative estimate of drug-likeness (QED) is 0.854. The molecule has 2 rings (SSSR count). The molecule has 100 valence electrons. The average molecular weight is 268 g/mol. The predicted octanol–water partition coefficient (Wildman–Crippen LogP) is 2.45. The number of halogens is 1. The highest BCUT2D eigenvalue weighted by molar-refractivity contribution is 6.31. The molecule has 1 saturated heterocycles. The Hall–Kier alpha value is -0.770. The first-order valence-electron chi connectivity index (χ1n) is 6.49. The van der Waals surface area contributed by atoms with Crippen LogP contribution in [0.25, 0.3) is 0 Å². The summed E-state index contributed by atoms with van der Waals surface area (Å²) in [4.78, 5) is 4.79. The van der Waals surface area contributed by atoms with Gasteiger partial charge >= 0.3 is 0 Å². The van der Waals surface area contributed by atoms with E-state index < -0.39 is 0 Å². The molecule has 1 aliphatic heterocycles. The Morgan fingerprint density at radius 1 is 1.50 bits per heavy atom. The third-order valence-corrected chi connectivity index (χ3v) is 4.07. The van der Waals surface area contributed by atoms with Gasteiger partial charge in [-0.3, -0.25) is 4.90 Å². The van der Waals surface area contributed by atoms with Gasteiger partial charge in [-0.1, -0.05) is 17.7 Å². The van der Waals surface area contributed by atoms with Crippen LogP contribution >= 0.6 is 11.6 Å². The van der Waals surface area contributed by atoms with Crippen LogP contribution in [0.2, 0.25) is 5.02 Å². The first-order valence-corrected chi connectivity index (χ1v) is 6.87. The number of anilines is 1.